The average Bonchev–Trinajstić information content (AvgIpc) is 2.63. The molecule has 1 rings (SSSR count). The van der Waals surface area contributed by atoms with E-state index in [-0.39, 0.29) is 0 Å². The van der Waals surface area contributed by atoms with Crippen LogP contribution in [0.5, 0.6) is 0 Å². The van der Waals surface area contributed by atoms with Gasteiger partial charge in [0, 0.05) is 0 Å². The van der Waals surface area contributed by atoms with Crippen LogP contribution in [-0.4, -0.2) is 36.6 Å². The van der Waals surface area contributed by atoms with Gasteiger partial charge in [0.1, 0.15) is 0 Å². The Hall–Kier alpha value is -1.35. The van der Waals surface area contributed by atoms with Gasteiger partial charge in [-0.05, 0) is 39.2 Å². The van der Waals surface area contributed by atoms with Crippen molar-refractivity contribution in [2.75, 3.05) is 20.6 Å². The molecule has 0 unspecified atom stereocenters. The first-order valence-corrected chi connectivity index (χ1v) is 10.5. The molecule has 26 heavy (non-hydrogen) atoms. The van der Waals surface area contributed by atoms with Crippen molar-refractivity contribution in [2.45, 2.75) is 84.0 Å². The molecule has 1 N–H and O–H groups in total. The SMILES string of the molecule is CCCCCCCCCCCCCCN(C)C.O=C(O)c1ccccc1. The number of aromatic carboxylic acids is 1. The summed E-state index contributed by atoms with van der Waals surface area (Å²) in [6.07, 6.45) is 17.3. The third-order valence-corrected chi connectivity index (χ3v) is 4.48. The topological polar surface area (TPSA) is 40.5 Å². The molecule has 0 atom stereocenters. The standard InChI is InChI=1S/C16H35N.C7H6O2/c1-4-5-6-7-8-9-10-11-12-13-14-15-16-17(2)3;8-7(9)6-4-2-1-3-5-6/h4-16H2,1-3H3;1-5H,(H,8,9). The molecule has 0 saturated carbocycles. The zero-order valence-electron chi connectivity index (χ0n) is 17.4. The molecule has 1 aromatic carbocycles. The number of nitrogens with zero attached hydrogens (tertiary/aromatic N) is 1. The average molecular weight is 364 g/mol. The Morgan fingerprint density at radius 3 is 1.54 bits per heavy atom. The normalized spacial score (nSPS) is 10.5. The predicted molar refractivity (Wildman–Crippen MR) is 113 cm³/mol. The van der Waals surface area contributed by atoms with Gasteiger partial charge in [-0.15, -0.1) is 0 Å². The van der Waals surface area contributed by atoms with Crippen LogP contribution in [0.2, 0.25) is 0 Å². The summed E-state index contributed by atoms with van der Waals surface area (Å²) < 4.78 is 0. The summed E-state index contributed by atoms with van der Waals surface area (Å²) in [5.41, 5.74) is 0.331. The van der Waals surface area contributed by atoms with Crippen molar-refractivity contribution in [3.8, 4) is 0 Å². The first kappa shape index (κ1) is 24.7. The van der Waals surface area contributed by atoms with Crippen LogP contribution in [0, 0.1) is 0 Å². The summed E-state index contributed by atoms with van der Waals surface area (Å²) in [6, 6.07) is 8.30. The van der Waals surface area contributed by atoms with Crippen LogP contribution < -0.4 is 0 Å². The summed E-state index contributed by atoms with van der Waals surface area (Å²) in [4.78, 5) is 12.5. The molecule has 0 aromatic heterocycles. The number of carboxylic acids is 1. The van der Waals surface area contributed by atoms with Crippen LogP contribution in [0.4, 0.5) is 0 Å². The van der Waals surface area contributed by atoms with Crippen LogP contribution in [0.3, 0.4) is 0 Å². The highest BCUT2D eigenvalue weighted by Crippen LogP contribution is 2.11. The van der Waals surface area contributed by atoms with Crippen molar-refractivity contribution in [1.29, 1.82) is 0 Å². The molecule has 0 radical (unpaired) electrons. The molecular weight excluding hydrogens is 322 g/mol. The Labute approximate surface area is 161 Å². The van der Waals surface area contributed by atoms with E-state index in [2.05, 4.69) is 25.9 Å². The maximum Gasteiger partial charge on any atom is 0.335 e. The van der Waals surface area contributed by atoms with Gasteiger partial charge < -0.3 is 10.0 Å². The first-order chi connectivity index (χ1) is 12.6. The van der Waals surface area contributed by atoms with E-state index in [1.165, 1.54) is 83.6 Å². The molecule has 0 fully saturated rings. The molecule has 0 heterocycles. The van der Waals surface area contributed by atoms with E-state index in [1.54, 1.807) is 30.3 Å². The Balaban J connectivity index is 0.000000577. The van der Waals surface area contributed by atoms with Gasteiger partial charge >= 0.3 is 5.97 Å². The maximum atomic E-state index is 10.2. The smallest absolute Gasteiger partial charge is 0.335 e. The van der Waals surface area contributed by atoms with E-state index in [1.807, 2.05) is 0 Å². The summed E-state index contributed by atoms with van der Waals surface area (Å²) in [7, 11) is 4.33. The lowest BCUT2D eigenvalue weighted by Gasteiger charge is -2.08. The van der Waals surface area contributed by atoms with E-state index in [0.29, 0.717) is 5.56 Å². The molecule has 0 saturated heterocycles. The minimum atomic E-state index is -0.879. The number of carboxylic acid groups (broad SMARTS) is 1. The second-order valence-corrected chi connectivity index (χ2v) is 7.36. The summed E-state index contributed by atoms with van der Waals surface area (Å²) in [5.74, 6) is -0.879. The van der Waals surface area contributed by atoms with Gasteiger partial charge in [0.2, 0.25) is 0 Å². The Bertz CT molecular complexity index is 417. The third kappa shape index (κ3) is 17.5. The fourth-order valence-corrected chi connectivity index (χ4v) is 2.85. The maximum absolute atomic E-state index is 10.2. The molecule has 0 spiro atoms. The van der Waals surface area contributed by atoms with Gasteiger partial charge in [0.05, 0.1) is 5.56 Å². The van der Waals surface area contributed by atoms with Crippen molar-refractivity contribution in [2.24, 2.45) is 0 Å². The number of hydrogen-bond acceptors (Lipinski definition) is 2. The Morgan fingerprint density at radius 2 is 1.19 bits per heavy atom. The summed E-state index contributed by atoms with van der Waals surface area (Å²) in [5, 5.41) is 8.38. The molecule has 3 nitrogen and oxygen atoms in total. The molecule has 3 heteroatoms. The van der Waals surface area contributed by atoms with Crippen molar-refractivity contribution in [1.82, 2.24) is 4.90 Å². The number of unbranched alkanes of at least 4 members (excludes halogenated alkanes) is 11. The fourth-order valence-electron chi connectivity index (χ4n) is 2.85. The second kappa shape index (κ2) is 18.4. The lowest BCUT2D eigenvalue weighted by Crippen LogP contribution is -2.12. The lowest BCUT2D eigenvalue weighted by molar-refractivity contribution is 0.0697. The summed E-state index contributed by atoms with van der Waals surface area (Å²) in [6.45, 7) is 3.55. The summed E-state index contributed by atoms with van der Waals surface area (Å²) >= 11 is 0. The highest BCUT2D eigenvalue weighted by molar-refractivity contribution is 5.87. The van der Waals surface area contributed by atoms with Crippen LogP contribution in [0.1, 0.15) is 94.3 Å². The van der Waals surface area contributed by atoms with Gasteiger partial charge in [-0.3, -0.25) is 0 Å². The predicted octanol–water partition coefficient (Wildman–Crippen LogP) is 6.63. The Morgan fingerprint density at radius 1 is 0.769 bits per heavy atom. The van der Waals surface area contributed by atoms with Gasteiger partial charge in [-0.25, -0.2) is 4.79 Å². The molecular formula is C23H41NO2. The molecule has 0 aliphatic heterocycles. The van der Waals surface area contributed by atoms with E-state index < -0.39 is 5.97 Å². The number of carbonyl (C=O) groups is 1. The first-order valence-electron chi connectivity index (χ1n) is 10.5. The Kier molecular flexibility index (Phi) is 17.5. The third-order valence-electron chi connectivity index (χ3n) is 4.48. The zero-order valence-corrected chi connectivity index (χ0v) is 17.4. The van der Waals surface area contributed by atoms with Crippen molar-refractivity contribution >= 4 is 5.97 Å². The van der Waals surface area contributed by atoms with E-state index in [4.69, 9.17) is 5.11 Å². The van der Waals surface area contributed by atoms with Gasteiger partial charge in [0.25, 0.3) is 0 Å². The van der Waals surface area contributed by atoms with Gasteiger partial charge in [-0.1, -0.05) is 95.8 Å². The number of rotatable bonds is 14. The van der Waals surface area contributed by atoms with Crippen molar-refractivity contribution in [3.05, 3.63) is 35.9 Å². The van der Waals surface area contributed by atoms with Crippen LogP contribution >= 0.6 is 0 Å². The molecule has 0 bridgehead atoms. The number of benzene rings is 1. The molecule has 1 aromatic rings. The van der Waals surface area contributed by atoms with Crippen LogP contribution in [0.25, 0.3) is 0 Å². The highest BCUT2D eigenvalue weighted by Gasteiger charge is 1.96. The van der Waals surface area contributed by atoms with Gasteiger partial charge in [0.15, 0.2) is 0 Å². The van der Waals surface area contributed by atoms with E-state index in [0.717, 1.165) is 0 Å². The van der Waals surface area contributed by atoms with Gasteiger partial charge in [-0.2, -0.15) is 0 Å². The lowest BCUT2D eigenvalue weighted by atomic mass is 10.1. The molecule has 150 valence electrons. The van der Waals surface area contributed by atoms with Crippen molar-refractivity contribution < 1.29 is 9.90 Å². The quantitative estimate of drug-likeness (QED) is 0.377. The van der Waals surface area contributed by atoms with Crippen LogP contribution in [-0.2, 0) is 0 Å². The van der Waals surface area contributed by atoms with E-state index in [9.17, 15) is 4.79 Å². The molecule has 0 aliphatic rings. The molecule has 0 aliphatic carbocycles. The highest BCUT2D eigenvalue weighted by atomic mass is 16.4. The largest absolute Gasteiger partial charge is 0.478 e. The minimum absolute atomic E-state index is 0.331. The monoisotopic (exact) mass is 363 g/mol. The van der Waals surface area contributed by atoms with Crippen molar-refractivity contribution in [3.63, 3.8) is 0 Å². The zero-order chi connectivity index (χ0) is 19.5. The number of hydrogen-bond donors (Lipinski definition) is 1. The molecule has 0 amide bonds. The van der Waals surface area contributed by atoms with Crippen LogP contribution in [0.15, 0.2) is 30.3 Å². The van der Waals surface area contributed by atoms with E-state index >= 15 is 0 Å². The second-order valence-electron chi connectivity index (χ2n) is 7.36. The minimum Gasteiger partial charge on any atom is -0.478 e. The fraction of sp³-hybridized carbons (Fsp3) is 0.696.